The van der Waals surface area contributed by atoms with Gasteiger partial charge in [-0.05, 0) is 35.7 Å². The molecule has 26 heavy (non-hydrogen) atoms. The van der Waals surface area contributed by atoms with E-state index in [4.69, 9.17) is 0 Å². The SMILES string of the molecule is O=C(CCN1c2cccc3cccc(c23)S1(=O)=O)Nc1cccc(Br)c1. The van der Waals surface area contributed by atoms with Gasteiger partial charge in [0, 0.05) is 28.5 Å². The Morgan fingerprint density at radius 2 is 1.77 bits per heavy atom. The number of carbonyl (C=O) groups is 1. The molecular formula is C19H15BrN2O3S. The van der Waals surface area contributed by atoms with Crippen LogP contribution in [-0.4, -0.2) is 20.9 Å². The molecule has 1 amide bonds. The summed E-state index contributed by atoms with van der Waals surface area (Å²) in [6.45, 7) is 0.0932. The molecule has 0 radical (unpaired) electrons. The number of rotatable bonds is 4. The predicted octanol–water partition coefficient (Wildman–Crippen LogP) is 4.14. The van der Waals surface area contributed by atoms with Crippen molar-refractivity contribution in [3.8, 4) is 0 Å². The molecule has 0 spiro atoms. The average Bonchev–Trinajstić information content (AvgIpc) is 2.82. The summed E-state index contributed by atoms with van der Waals surface area (Å²) in [5.41, 5.74) is 1.30. The van der Waals surface area contributed by atoms with Gasteiger partial charge in [-0.3, -0.25) is 9.10 Å². The second-order valence-corrected chi connectivity index (χ2v) is 8.76. The number of halogens is 1. The molecule has 5 nitrogen and oxygen atoms in total. The highest BCUT2D eigenvalue weighted by Crippen LogP contribution is 2.41. The van der Waals surface area contributed by atoms with Gasteiger partial charge in [0.05, 0.1) is 10.6 Å². The first kappa shape index (κ1) is 17.1. The molecule has 7 heteroatoms. The molecule has 0 aliphatic carbocycles. The molecule has 1 N–H and O–H groups in total. The number of hydrogen-bond acceptors (Lipinski definition) is 3. The number of nitrogens with zero attached hydrogens (tertiary/aromatic N) is 1. The van der Waals surface area contributed by atoms with Crippen LogP contribution in [0, 0.1) is 0 Å². The Bertz CT molecular complexity index is 1120. The fraction of sp³-hybridized carbons (Fsp3) is 0.105. The molecule has 1 aliphatic rings. The van der Waals surface area contributed by atoms with Crippen molar-refractivity contribution in [3.05, 3.63) is 65.1 Å². The lowest BCUT2D eigenvalue weighted by Crippen LogP contribution is -2.30. The van der Waals surface area contributed by atoms with E-state index in [0.29, 0.717) is 16.3 Å². The summed E-state index contributed by atoms with van der Waals surface area (Å²) in [6, 6.07) is 18.0. The smallest absolute Gasteiger partial charge is 0.265 e. The number of benzene rings is 3. The topological polar surface area (TPSA) is 66.5 Å². The van der Waals surface area contributed by atoms with Gasteiger partial charge in [-0.2, -0.15) is 0 Å². The Kier molecular flexibility index (Phi) is 4.20. The van der Waals surface area contributed by atoms with Crippen molar-refractivity contribution in [2.24, 2.45) is 0 Å². The molecule has 4 rings (SSSR count). The number of sulfonamides is 1. The maximum atomic E-state index is 12.9. The molecule has 3 aromatic carbocycles. The molecule has 1 heterocycles. The Labute approximate surface area is 159 Å². The van der Waals surface area contributed by atoms with Crippen LogP contribution < -0.4 is 9.62 Å². The summed E-state index contributed by atoms with van der Waals surface area (Å²) in [5.74, 6) is -0.235. The number of anilines is 2. The van der Waals surface area contributed by atoms with Crippen molar-refractivity contribution in [1.82, 2.24) is 0 Å². The zero-order valence-corrected chi connectivity index (χ0v) is 16.0. The van der Waals surface area contributed by atoms with E-state index in [1.165, 1.54) is 4.31 Å². The van der Waals surface area contributed by atoms with Crippen LogP contribution in [0.3, 0.4) is 0 Å². The van der Waals surface area contributed by atoms with E-state index in [-0.39, 0.29) is 18.9 Å². The minimum absolute atomic E-state index is 0.0656. The molecule has 1 aliphatic heterocycles. The van der Waals surface area contributed by atoms with Crippen LogP contribution in [-0.2, 0) is 14.8 Å². The van der Waals surface area contributed by atoms with Gasteiger partial charge < -0.3 is 5.32 Å². The van der Waals surface area contributed by atoms with Crippen LogP contribution in [0.1, 0.15) is 6.42 Å². The van der Waals surface area contributed by atoms with Crippen molar-refractivity contribution in [3.63, 3.8) is 0 Å². The fourth-order valence-electron chi connectivity index (χ4n) is 3.19. The first-order valence-electron chi connectivity index (χ1n) is 8.07. The zero-order valence-electron chi connectivity index (χ0n) is 13.6. The number of nitrogens with one attached hydrogen (secondary N) is 1. The summed E-state index contributed by atoms with van der Waals surface area (Å²) in [5, 5.41) is 4.39. The Hall–Kier alpha value is -2.38. The molecule has 0 atom stereocenters. The minimum atomic E-state index is -3.63. The largest absolute Gasteiger partial charge is 0.326 e. The minimum Gasteiger partial charge on any atom is -0.326 e. The summed E-state index contributed by atoms with van der Waals surface area (Å²) < 4.78 is 27.9. The van der Waals surface area contributed by atoms with Crippen LogP contribution in [0.25, 0.3) is 10.8 Å². The van der Waals surface area contributed by atoms with Crippen molar-refractivity contribution < 1.29 is 13.2 Å². The van der Waals surface area contributed by atoms with Gasteiger partial charge in [-0.15, -0.1) is 0 Å². The maximum Gasteiger partial charge on any atom is 0.265 e. The summed E-state index contributed by atoms with van der Waals surface area (Å²) in [4.78, 5) is 12.6. The standard InChI is InChI=1S/C19H15BrN2O3S/c20-14-6-3-7-15(12-14)21-18(23)10-11-22-16-8-1-4-13-5-2-9-17(19(13)16)26(22,24)25/h1-9,12H,10-11H2,(H,21,23). The van der Waals surface area contributed by atoms with E-state index in [2.05, 4.69) is 21.2 Å². The molecular weight excluding hydrogens is 416 g/mol. The number of carbonyl (C=O) groups excluding carboxylic acids is 1. The third-order valence-electron chi connectivity index (χ3n) is 4.33. The molecule has 0 unspecified atom stereocenters. The quantitative estimate of drug-likeness (QED) is 0.676. The van der Waals surface area contributed by atoms with Gasteiger partial charge >= 0.3 is 0 Å². The zero-order chi connectivity index (χ0) is 18.3. The normalized spacial score (nSPS) is 14.6. The van der Waals surface area contributed by atoms with Gasteiger partial charge in [0.1, 0.15) is 0 Å². The van der Waals surface area contributed by atoms with Crippen LogP contribution in [0.4, 0.5) is 11.4 Å². The van der Waals surface area contributed by atoms with E-state index >= 15 is 0 Å². The third kappa shape index (κ3) is 2.87. The summed E-state index contributed by atoms with van der Waals surface area (Å²) in [6.07, 6.45) is 0.0656. The van der Waals surface area contributed by atoms with Crippen molar-refractivity contribution in [1.29, 1.82) is 0 Å². The maximum absolute atomic E-state index is 12.9. The highest BCUT2D eigenvalue weighted by molar-refractivity contribution is 9.10. The Balaban J connectivity index is 1.56. The first-order chi connectivity index (χ1) is 12.5. The van der Waals surface area contributed by atoms with E-state index in [0.717, 1.165) is 15.2 Å². The van der Waals surface area contributed by atoms with Crippen LogP contribution in [0.5, 0.6) is 0 Å². The second-order valence-electron chi connectivity index (χ2n) is 6.02. The van der Waals surface area contributed by atoms with Gasteiger partial charge in [0.25, 0.3) is 10.0 Å². The number of hydrogen-bond donors (Lipinski definition) is 1. The monoisotopic (exact) mass is 430 g/mol. The van der Waals surface area contributed by atoms with Crippen LogP contribution in [0.2, 0.25) is 0 Å². The lowest BCUT2D eigenvalue weighted by Gasteiger charge is -2.18. The van der Waals surface area contributed by atoms with Crippen molar-refractivity contribution in [2.45, 2.75) is 11.3 Å². The highest BCUT2D eigenvalue weighted by atomic mass is 79.9. The fourth-order valence-corrected chi connectivity index (χ4v) is 5.30. The van der Waals surface area contributed by atoms with E-state index in [1.807, 2.05) is 30.3 Å². The van der Waals surface area contributed by atoms with E-state index < -0.39 is 10.0 Å². The Morgan fingerprint density at radius 3 is 2.54 bits per heavy atom. The molecule has 0 bridgehead atoms. The molecule has 0 saturated carbocycles. The van der Waals surface area contributed by atoms with Crippen LogP contribution >= 0.6 is 15.9 Å². The molecule has 3 aromatic rings. The van der Waals surface area contributed by atoms with Gasteiger partial charge in [0.15, 0.2) is 0 Å². The summed E-state index contributed by atoms with van der Waals surface area (Å²) in [7, 11) is -3.63. The number of amides is 1. The lowest BCUT2D eigenvalue weighted by molar-refractivity contribution is -0.116. The van der Waals surface area contributed by atoms with Gasteiger partial charge in [-0.1, -0.05) is 46.3 Å². The summed E-state index contributed by atoms with van der Waals surface area (Å²) >= 11 is 3.35. The molecule has 0 fully saturated rings. The molecule has 0 saturated heterocycles. The van der Waals surface area contributed by atoms with Gasteiger partial charge in [0.2, 0.25) is 5.91 Å². The third-order valence-corrected chi connectivity index (χ3v) is 6.68. The average molecular weight is 431 g/mol. The predicted molar refractivity (Wildman–Crippen MR) is 106 cm³/mol. The molecule has 132 valence electrons. The Morgan fingerprint density at radius 1 is 1.04 bits per heavy atom. The molecule has 0 aromatic heterocycles. The van der Waals surface area contributed by atoms with Crippen LogP contribution in [0.15, 0.2) is 70.0 Å². The van der Waals surface area contributed by atoms with E-state index in [1.54, 1.807) is 30.3 Å². The first-order valence-corrected chi connectivity index (χ1v) is 10.3. The van der Waals surface area contributed by atoms with Crippen molar-refractivity contribution in [2.75, 3.05) is 16.2 Å². The lowest BCUT2D eigenvalue weighted by atomic mass is 10.1. The van der Waals surface area contributed by atoms with Gasteiger partial charge in [-0.25, -0.2) is 8.42 Å². The van der Waals surface area contributed by atoms with E-state index in [9.17, 15) is 13.2 Å². The second kappa shape index (κ2) is 6.41. The highest BCUT2D eigenvalue weighted by Gasteiger charge is 2.35. The van der Waals surface area contributed by atoms with Crippen molar-refractivity contribution >= 4 is 54.0 Å².